The second kappa shape index (κ2) is 20.3. The lowest BCUT2D eigenvalue weighted by Gasteiger charge is -2.43. The fraction of sp³-hybridized carbons (Fsp3) is 0.404. The lowest BCUT2D eigenvalue weighted by atomic mass is 9.85. The molecule has 332 valence electrons. The zero-order valence-corrected chi connectivity index (χ0v) is 36.6. The second-order valence-corrected chi connectivity index (χ2v) is 17.5. The Morgan fingerprint density at radius 3 is 2.27 bits per heavy atom. The molecule has 0 saturated heterocycles. The van der Waals surface area contributed by atoms with Crippen LogP contribution in [0.3, 0.4) is 0 Å². The van der Waals surface area contributed by atoms with Crippen molar-refractivity contribution in [2.45, 2.75) is 109 Å². The third kappa shape index (κ3) is 10.6. The van der Waals surface area contributed by atoms with E-state index in [0.717, 1.165) is 29.5 Å². The average Bonchev–Trinajstić information content (AvgIpc) is 3.25. The topological polar surface area (TPSA) is 162 Å². The number of esters is 2. The summed E-state index contributed by atoms with van der Waals surface area (Å²) in [4.78, 5) is 42.9. The summed E-state index contributed by atoms with van der Waals surface area (Å²) in [5, 5.41) is 30.4. The molecule has 0 spiro atoms. The molecule has 0 radical (unpaired) electrons. The largest absolute Gasteiger partial charge is 0.483 e. The van der Waals surface area contributed by atoms with E-state index in [1.807, 2.05) is 32.0 Å². The van der Waals surface area contributed by atoms with E-state index in [-0.39, 0.29) is 60.0 Å². The van der Waals surface area contributed by atoms with Gasteiger partial charge in [0, 0.05) is 35.5 Å². The summed E-state index contributed by atoms with van der Waals surface area (Å²) >= 11 is 0. The minimum Gasteiger partial charge on any atom is -0.483 e. The molecule has 4 aromatic carbocycles. The minimum atomic E-state index is -1.28. The number of aliphatic hydroxyl groups excluding tert-OH is 3. The third-order valence-corrected chi connectivity index (χ3v) is 12.4. The molecule has 11 nitrogen and oxygen atoms in total. The molecule has 0 fully saturated rings. The van der Waals surface area contributed by atoms with E-state index in [4.69, 9.17) is 23.4 Å². The number of allylic oxidation sites excluding steroid dienone is 1. The molecule has 3 aliphatic heterocycles. The van der Waals surface area contributed by atoms with Crippen molar-refractivity contribution in [2.24, 2.45) is 5.92 Å². The molecule has 0 saturated carbocycles. The van der Waals surface area contributed by atoms with Crippen molar-refractivity contribution < 1.29 is 48.3 Å². The highest BCUT2D eigenvalue weighted by Gasteiger charge is 2.51. The molecular weight excluding hydrogens is 801 g/mol. The number of rotatable bonds is 12. The Morgan fingerprint density at radius 2 is 1.56 bits per heavy atom. The van der Waals surface area contributed by atoms with Gasteiger partial charge in [-0.1, -0.05) is 84.4 Å². The predicted octanol–water partition coefficient (Wildman–Crippen LogP) is 8.14. The third-order valence-electron chi connectivity index (χ3n) is 12.4. The zero-order valence-electron chi connectivity index (χ0n) is 36.6. The van der Waals surface area contributed by atoms with Gasteiger partial charge in [0.05, 0.1) is 18.8 Å². The first-order chi connectivity index (χ1) is 30.4. The van der Waals surface area contributed by atoms with Crippen LogP contribution in [0.4, 0.5) is 0 Å². The van der Waals surface area contributed by atoms with Crippen LogP contribution in [0.5, 0.6) is 5.75 Å². The molecule has 0 amide bonds. The van der Waals surface area contributed by atoms with Gasteiger partial charge >= 0.3 is 17.6 Å². The van der Waals surface area contributed by atoms with E-state index in [1.54, 1.807) is 26.0 Å². The van der Waals surface area contributed by atoms with Gasteiger partial charge in [0.1, 0.15) is 23.7 Å². The number of carbonyl (C=O) groups excluding carboxylic acids is 2. The first-order valence-corrected chi connectivity index (χ1v) is 21.9. The van der Waals surface area contributed by atoms with Crippen LogP contribution in [-0.4, -0.2) is 59.0 Å². The summed E-state index contributed by atoms with van der Waals surface area (Å²) in [6, 6.07) is 30.6. The fourth-order valence-corrected chi connectivity index (χ4v) is 9.12. The zero-order chi connectivity index (χ0) is 44.7. The van der Waals surface area contributed by atoms with E-state index < -0.39 is 54.7 Å². The van der Waals surface area contributed by atoms with Gasteiger partial charge < -0.3 is 38.7 Å². The number of fused-ring (bicyclic) bond motifs is 13. The van der Waals surface area contributed by atoms with Gasteiger partial charge in [0.25, 0.3) is 0 Å². The Bertz CT molecular complexity index is 2480. The molecule has 8 rings (SSSR count). The summed E-state index contributed by atoms with van der Waals surface area (Å²) in [5.41, 5.74) is 5.54. The first kappa shape index (κ1) is 45.4. The van der Waals surface area contributed by atoms with Crippen LogP contribution in [-0.2, 0) is 56.1 Å². The summed E-state index contributed by atoms with van der Waals surface area (Å²) < 4.78 is 30.8. The van der Waals surface area contributed by atoms with Gasteiger partial charge in [-0.25, -0.2) is 9.59 Å². The molecule has 11 heteroatoms. The van der Waals surface area contributed by atoms with Gasteiger partial charge in [0.2, 0.25) is 0 Å². The van der Waals surface area contributed by atoms with E-state index in [0.29, 0.717) is 36.6 Å². The van der Waals surface area contributed by atoms with Gasteiger partial charge in [0.15, 0.2) is 12.2 Å². The predicted molar refractivity (Wildman–Crippen MR) is 238 cm³/mol. The molecule has 63 heavy (non-hydrogen) atoms. The smallest absolute Gasteiger partial charge is 0.340 e. The molecule has 0 aliphatic carbocycles. The number of hydrogen-bond donors (Lipinski definition) is 3. The summed E-state index contributed by atoms with van der Waals surface area (Å²) in [5.74, 6) is -1.68. The van der Waals surface area contributed by atoms with Crippen LogP contribution in [0.25, 0.3) is 11.0 Å². The molecule has 4 heterocycles. The fourth-order valence-electron chi connectivity index (χ4n) is 9.12. The number of aryl methyl sites for hydroxylation is 2. The Hall–Kier alpha value is -5.59. The van der Waals surface area contributed by atoms with Crippen LogP contribution < -0.4 is 10.4 Å². The van der Waals surface area contributed by atoms with Crippen molar-refractivity contribution in [1.82, 2.24) is 0 Å². The number of benzene rings is 4. The molecule has 0 unspecified atom stereocenters. The van der Waals surface area contributed by atoms with Crippen molar-refractivity contribution >= 4 is 22.9 Å². The van der Waals surface area contributed by atoms with Gasteiger partial charge in [-0.15, -0.1) is 0 Å². The number of hydrogen-bond acceptors (Lipinski definition) is 11. The molecular formula is C52H58O11. The Balaban J connectivity index is 1.29. The highest BCUT2D eigenvalue weighted by atomic mass is 16.6. The number of ether oxygens (including phenoxy) is 4. The van der Waals surface area contributed by atoms with Crippen molar-refractivity contribution in [1.29, 1.82) is 0 Å². The van der Waals surface area contributed by atoms with Crippen molar-refractivity contribution in [3.8, 4) is 5.75 Å². The second-order valence-electron chi connectivity index (χ2n) is 17.5. The molecule has 4 atom stereocenters. The Morgan fingerprint density at radius 1 is 0.825 bits per heavy atom. The monoisotopic (exact) mass is 858 g/mol. The van der Waals surface area contributed by atoms with E-state index in [1.165, 1.54) is 16.7 Å². The number of aliphatic hydroxyl groups is 3. The normalized spacial score (nSPS) is 19.4. The lowest BCUT2D eigenvalue weighted by molar-refractivity contribution is -0.188. The number of carbonyl (C=O) groups is 2. The van der Waals surface area contributed by atoms with E-state index >= 15 is 0 Å². The van der Waals surface area contributed by atoms with Crippen LogP contribution in [0.1, 0.15) is 110 Å². The maximum absolute atomic E-state index is 14.6. The van der Waals surface area contributed by atoms with Crippen LogP contribution in [0, 0.1) is 5.92 Å². The van der Waals surface area contributed by atoms with Gasteiger partial charge in [-0.05, 0) is 124 Å². The molecule has 3 aliphatic rings. The van der Waals surface area contributed by atoms with Gasteiger partial charge in [-0.3, -0.25) is 4.79 Å². The van der Waals surface area contributed by atoms with Crippen molar-refractivity contribution in [3.63, 3.8) is 0 Å². The first-order valence-electron chi connectivity index (χ1n) is 21.9. The van der Waals surface area contributed by atoms with Crippen molar-refractivity contribution in [2.75, 3.05) is 20.0 Å². The maximum Gasteiger partial charge on any atom is 0.340 e. The Kier molecular flexibility index (Phi) is 14.6. The molecule has 3 N–H and O–H groups in total. The Labute approximate surface area is 368 Å². The van der Waals surface area contributed by atoms with Crippen LogP contribution >= 0.6 is 0 Å². The molecule has 1 aromatic heterocycles. The van der Waals surface area contributed by atoms with Crippen LogP contribution in [0.2, 0.25) is 0 Å². The highest BCUT2D eigenvalue weighted by molar-refractivity contribution is 5.90. The average molecular weight is 859 g/mol. The summed E-state index contributed by atoms with van der Waals surface area (Å²) in [6.07, 6.45) is 1.56. The highest BCUT2D eigenvalue weighted by Crippen LogP contribution is 2.48. The maximum atomic E-state index is 14.6. The summed E-state index contributed by atoms with van der Waals surface area (Å²) in [6.45, 7) is 5.65. The summed E-state index contributed by atoms with van der Waals surface area (Å²) in [7, 11) is 0. The lowest BCUT2D eigenvalue weighted by Crippen LogP contribution is -2.52. The van der Waals surface area contributed by atoms with E-state index in [9.17, 15) is 29.7 Å². The quantitative estimate of drug-likeness (QED) is 0.0481. The van der Waals surface area contributed by atoms with E-state index in [2.05, 4.69) is 60.7 Å². The standard InChI is InChI=1S/C52H58O11/c1-32(2)40-20-19-33-13-15-36(16-14-33)27-38(18-17-35-11-8-12-37(26-35)25-34-9-6-5-7-10-34)28-44(56)60-48-46-43(63-52(3,4)49(48)62-50(40)57)22-21-41-42(29-54)45(51(58)61-47(41)46)39(23-24-53)30-59-31-55/h5-16,21-22,26,38-39,48-49,53-55H,17-20,23-25,27-31H2,1-4H3/t38-,39-,48-,49+/m1/s1. The minimum absolute atomic E-state index is 0.00814. The van der Waals surface area contributed by atoms with Crippen LogP contribution in [0.15, 0.2) is 111 Å². The molecule has 2 bridgehead atoms. The SMILES string of the molecule is CC(C)=C1CCc2ccc(cc2)C[C@@H](CCc2cccc(Cc3ccccc3)c2)CC(=O)O[C@@H]2c3c(ccc4c(CO)c([C@H](CCO)COCO)c(=O)oc34)OC(C)(C)[C@H]2OC1=O. The van der Waals surface area contributed by atoms with Crippen molar-refractivity contribution in [3.05, 3.63) is 157 Å². The van der Waals surface area contributed by atoms with Gasteiger partial charge in [-0.2, -0.15) is 0 Å². The molecule has 5 aromatic rings.